The first kappa shape index (κ1) is 14.7. The number of para-hydroxylation sites is 2. The van der Waals surface area contributed by atoms with Crippen LogP contribution < -0.4 is 10.6 Å². The Morgan fingerprint density at radius 1 is 0.714 bits per heavy atom. The van der Waals surface area contributed by atoms with Gasteiger partial charge in [-0.2, -0.15) is 0 Å². The molecule has 0 aromatic heterocycles. The van der Waals surface area contributed by atoms with Crippen LogP contribution in [0.5, 0.6) is 0 Å². The van der Waals surface area contributed by atoms with E-state index in [1.807, 2.05) is 0 Å². The van der Waals surface area contributed by atoms with Crippen molar-refractivity contribution in [1.82, 2.24) is 0 Å². The molecule has 2 aromatic rings. The lowest BCUT2D eigenvalue weighted by Gasteiger charge is -2.19. The summed E-state index contributed by atoms with van der Waals surface area (Å²) < 4.78 is 0. The van der Waals surface area contributed by atoms with Crippen LogP contribution in [0, 0.1) is 0 Å². The van der Waals surface area contributed by atoms with Gasteiger partial charge in [0.05, 0.1) is 0 Å². The number of amides is 2. The second-order valence-electron chi connectivity index (χ2n) is 4.31. The highest BCUT2D eigenvalue weighted by Crippen LogP contribution is 2.12. The average Bonchev–Trinajstić information content (AvgIpc) is 2.49. The zero-order chi connectivity index (χ0) is 15.3. The van der Waals surface area contributed by atoms with Gasteiger partial charge in [-0.05, 0) is 24.3 Å². The van der Waals surface area contributed by atoms with Crippen LogP contribution in [0.1, 0.15) is 0 Å². The van der Waals surface area contributed by atoms with Gasteiger partial charge in [0.25, 0.3) is 11.8 Å². The monoisotopic (exact) mass is 286 g/mol. The Kier molecular flexibility index (Phi) is 4.32. The Labute approximate surface area is 121 Å². The molecule has 0 radical (unpaired) electrons. The smallest absolute Gasteiger partial charge is 0.327 e. The van der Waals surface area contributed by atoms with Gasteiger partial charge < -0.3 is 20.8 Å². The number of nitrogens with one attached hydrogen (secondary N) is 2. The van der Waals surface area contributed by atoms with Gasteiger partial charge in [-0.25, -0.2) is 0 Å². The van der Waals surface area contributed by atoms with Gasteiger partial charge in [-0.3, -0.25) is 9.59 Å². The van der Waals surface area contributed by atoms with Gasteiger partial charge >= 0.3 is 5.79 Å². The molecule has 0 aliphatic rings. The molecule has 0 saturated heterocycles. The molecule has 2 amide bonds. The van der Waals surface area contributed by atoms with Gasteiger partial charge in [-0.1, -0.05) is 36.4 Å². The van der Waals surface area contributed by atoms with Crippen LogP contribution in [0.25, 0.3) is 0 Å². The van der Waals surface area contributed by atoms with Crippen molar-refractivity contribution in [1.29, 1.82) is 0 Å². The highest BCUT2D eigenvalue weighted by Gasteiger charge is 2.42. The van der Waals surface area contributed by atoms with Crippen LogP contribution in [0.2, 0.25) is 0 Å². The summed E-state index contributed by atoms with van der Waals surface area (Å²) in [5.74, 6) is -5.64. The maximum Gasteiger partial charge on any atom is 0.327 e. The molecule has 4 N–H and O–H groups in total. The lowest BCUT2D eigenvalue weighted by molar-refractivity contribution is -0.184. The largest absolute Gasteiger partial charge is 0.351 e. The Hall–Kier alpha value is -2.70. The van der Waals surface area contributed by atoms with Crippen molar-refractivity contribution >= 4 is 23.2 Å². The van der Waals surface area contributed by atoms with E-state index in [2.05, 4.69) is 10.6 Å². The van der Waals surface area contributed by atoms with Gasteiger partial charge in [0.2, 0.25) is 0 Å². The SMILES string of the molecule is O=C(Nc1ccccc1)C(O)(O)C(=O)Nc1ccccc1. The fraction of sp³-hybridized carbons (Fsp3) is 0.0667. The van der Waals surface area contributed by atoms with Gasteiger partial charge in [0.15, 0.2) is 0 Å². The number of rotatable bonds is 4. The van der Waals surface area contributed by atoms with E-state index in [0.29, 0.717) is 11.4 Å². The maximum atomic E-state index is 11.8. The molecular formula is C15H14N2O4. The number of benzene rings is 2. The minimum Gasteiger partial charge on any atom is -0.351 e. The van der Waals surface area contributed by atoms with E-state index in [-0.39, 0.29) is 0 Å². The van der Waals surface area contributed by atoms with E-state index < -0.39 is 17.6 Å². The summed E-state index contributed by atoms with van der Waals surface area (Å²) in [5.41, 5.74) is 0.699. The van der Waals surface area contributed by atoms with E-state index in [1.165, 1.54) is 0 Å². The number of hydrogen-bond donors (Lipinski definition) is 4. The molecule has 6 nitrogen and oxygen atoms in total. The topological polar surface area (TPSA) is 98.7 Å². The van der Waals surface area contributed by atoms with E-state index in [4.69, 9.17) is 0 Å². The third-order valence-electron chi connectivity index (χ3n) is 2.70. The zero-order valence-electron chi connectivity index (χ0n) is 11.0. The Balaban J connectivity index is 2.06. The van der Waals surface area contributed by atoms with Gasteiger partial charge in [0, 0.05) is 11.4 Å². The first-order chi connectivity index (χ1) is 10.00. The fourth-order valence-electron chi connectivity index (χ4n) is 1.58. The summed E-state index contributed by atoms with van der Waals surface area (Å²) in [6.45, 7) is 0. The van der Waals surface area contributed by atoms with Crippen molar-refractivity contribution in [3.63, 3.8) is 0 Å². The zero-order valence-corrected chi connectivity index (χ0v) is 11.0. The maximum absolute atomic E-state index is 11.8. The average molecular weight is 286 g/mol. The summed E-state index contributed by atoms with van der Waals surface area (Å²) in [7, 11) is 0. The molecule has 21 heavy (non-hydrogen) atoms. The van der Waals surface area contributed by atoms with E-state index in [1.54, 1.807) is 60.7 Å². The minimum atomic E-state index is -3.17. The van der Waals surface area contributed by atoms with Crippen molar-refractivity contribution in [3.8, 4) is 0 Å². The second-order valence-corrected chi connectivity index (χ2v) is 4.31. The fourth-order valence-corrected chi connectivity index (χ4v) is 1.58. The third kappa shape index (κ3) is 3.65. The van der Waals surface area contributed by atoms with Crippen molar-refractivity contribution in [2.45, 2.75) is 5.79 Å². The molecule has 0 aliphatic carbocycles. The molecule has 108 valence electrons. The van der Waals surface area contributed by atoms with Gasteiger partial charge in [0.1, 0.15) is 0 Å². The van der Waals surface area contributed by atoms with Crippen LogP contribution in [0.15, 0.2) is 60.7 Å². The molecule has 2 rings (SSSR count). The Morgan fingerprint density at radius 3 is 1.38 bits per heavy atom. The molecule has 6 heteroatoms. The third-order valence-corrected chi connectivity index (χ3v) is 2.70. The summed E-state index contributed by atoms with van der Waals surface area (Å²) in [6, 6.07) is 16.4. The van der Waals surface area contributed by atoms with Crippen molar-refractivity contribution in [2.75, 3.05) is 10.6 Å². The first-order valence-corrected chi connectivity index (χ1v) is 6.18. The Bertz CT molecular complexity index is 571. The standard InChI is InChI=1S/C15H14N2O4/c18-13(16-11-7-3-1-4-8-11)15(20,21)14(19)17-12-9-5-2-6-10-12/h1-10,20-21H,(H,16,18)(H,17,19). The molecule has 0 aliphatic heterocycles. The van der Waals surface area contributed by atoms with E-state index >= 15 is 0 Å². The van der Waals surface area contributed by atoms with E-state index in [9.17, 15) is 19.8 Å². The molecular weight excluding hydrogens is 272 g/mol. The summed E-state index contributed by atoms with van der Waals surface area (Å²) in [4.78, 5) is 23.6. The highest BCUT2D eigenvalue weighted by atomic mass is 16.5. The first-order valence-electron chi connectivity index (χ1n) is 6.18. The van der Waals surface area contributed by atoms with E-state index in [0.717, 1.165) is 0 Å². The van der Waals surface area contributed by atoms with Crippen LogP contribution in [-0.4, -0.2) is 27.8 Å². The number of carbonyl (C=O) groups is 2. The minimum absolute atomic E-state index is 0.350. The van der Waals surface area contributed by atoms with Crippen LogP contribution in [0.4, 0.5) is 11.4 Å². The van der Waals surface area contributed by atoms with Crippen molar-refractivity contribution in [2.24, 2.45) is 0 Å². The number of anilines is 2. The molecule has 0 saturated carbocycles. The number of aliphatic hydroxyl groups is 2. The van der Waals surface area contributed by atoms with Gasteiger partial charge in [-0.15, -0.1) is 0 Å². The predicted octanol–water partition coefficient (Wildman–Crippen LogP) is 0.945. The molecule has 0 atom stereocenters. The second kappa shape index (κ2) is 6.17. The molecule has 2 aromatic carbocycles. The van der Waals surface area contributed by atoms with Crippen LogP contribution >= 0.6 is 0 Å². The molecule has 0 heterocycles. The summed E-state index contributed by atoms with van der Waals surface area (Å²) in [5, 5.41) is 23.9. The predicted molar refractivity (Wildman–Crippen MR) is 77.3 cm³/mol. The van der Waals surface area contributed by atoms with Crippen LogP contribution in [0.3, 0.4) is 0 Å². The highest BCUT2D eigenvalue weighted by molar-refractivity contribution is 6.15. The lowest BCUT2D eigenvalue weighted by Crippen LogP contribution is -2.52. The Morgan fingerprint density at radius 2 is 1.05 bits per heavy atom. The molecule has 0 unspecified atom stereocenters. The number of carbonyl (C=O) groups excluding carboxylic acids is 2. The summed E-state index contributed by atoms with van der Waals surface area (Å²) >= 11 is 0. The molecule has 0 bridgehead atoms. The molecule has 0 spiro atoms. The lowest BCUT2D eigenvalue weighted by atomic mass is 10.2. The van der Waals surface area contributed by atoms with Crippen molar-refractivity contribution < 1.29 is 19.8 Å². The van der Waals surface area contributed by atoms with Crippen molar-refractivity contribution in [3.05, 3.63) is 60.7 Å². The van der Waals surface area contributed by atoms with Crippen LogP contribution in [-0.2, 0) is 9.59 Å². The number of hydrogen-bond acceptors (Lipinski definition) is 4. The quantitative estimate of drug-likeness (QED) is 0.496. The summed E-state index contributed by atoms with van der Waals surface area (Å²) in [6.07, 6.45) is 0. The molecule has 0 fully saturated rings. The normalized spacial score (nSPS) is 10.8.